The van der Waals surface area contributed by atoms with Crippen LogP contribution in [-0.2, 0) is 0 Å². The fourth-order valence-electron chi connectivity index (χ4n) is 3.39. The highest BCUT2D eigenvalue weighted by Crippen LogP contribution is 2.29. The summed E-state index contributed by atoms with van der Waals surface area (Å²) in [6.07, 6.45) is 3.28. The second kappa shape index (κ2) is 6.75. The van der Waals surface area contributed by atoms with Gasteiger partial charge in [0.2, 0.25) is 5.88 Å². The van der Waals surface area contributed by atoms with Gasteiger partial charge in [-0.15, -0.1) is 5.10 Å². The lowest BCUT2D eigenvalue weighted by atomic mass is 10.2. The van der Waals surface area contributed by atoms with Crippen LogP contribution in [0.15, 0.2) is 36.7 Å². The minimum atomic E-state index is -0.911. The molecule has 1 saturated heterocycles. The lowest BCUT2D eigenvalue weighted by Crippen LogP contribution is -2.38. The lowest BCUT2D eigenvalue weighted by Gasteiger charge is -2.22. The highest BCUT2D eigenvalue weighted by Gasteiger charge is 2.29. The molecule has 1 aliphatic rings. The van der Waals surface area contributed by atoms with Gasteiger partial charge in [-0.3, -0.25) is 0 Å². The monoisotopic (exact) mass is 368 g/mol. The van der Waals surface area contributed by atoms with Crippen molar-refractivity contribution in [3.63, 3.8) is 0 Å². The van der Waals surface area contributed by atoms with E-state index in [4.69, 9.17) is 9.84 Å². The standard InChI is InChI=1S/C18H20N6O3/c1-22(18(25)26)12-7-9-23(11-12)16-6-5-15-20-10-14(24(15)21-16)13-4-3-8-19-17(13)27-2/h3-6,8,10,12H,7,9,11H2,1-2H3,(H,25,26)/t12-/m0/s1. The first-order valence-electron chi connectivity index (χ1n) is 8.63. The summed E-state index contributed by atoms with van der Waals surface area (Å²) in [5, 5.41) is 13.9. The minimum absolute atomic E-state index is 0.0410. The molecular weight excluding hydrogens is 348 g/mol. The molecule has 140 valence electrons. The van der Waals surface area contributed by atoms with Gasteiger partial charge in [-0.1, -0.05) is 0 Å². The molecule has 0 aliphatic carbocycles. The Hall–Kier alpha value is -3.36. The summed E-state index contributed by atoms with van der Waals surface area (Å²) in [5.74, 6) is 1.29. The van der Waals surface area contributed by atoms with E-state index in [1.54, 1.807) is 31.1 Å². The summed E-state index contributed by atoms with van der Waals surface area (Å²) < 4.78 is 7.13. The summed E-state index contributed by atoms with van der Waals surface area (Å²) in [6.45, 7) is 1.36. The van der Waals surface area contributed by atoms with Gasteiger partial charge in [0.15, 0.2) is 5.65 Å². The molecule has 0 spiro atoms. The van der Waals surface area contributed by atoms with E-state index in [2.05, 4.69) is 14.9 Å². The Morgan fingerprint density at radius 3 is 2.96 bits per heavy atom. The number of carbonyl (C=O) groups is 1. The number of rotatable bonds is 4. The molecule has 0 saturated carbocycles. The Morgan fingerprint density at radius 2 is 2.19 bits per heavy atom. The van der Waals surface area contributed by atoms with Crippen LogP contribution in [0.2, 0.25) is 0 Å². The number of nitrogens with zero attached hydrogens (tertiary/aromatic N) is 6. The first kappa shape index (κ1) is 17.1. The minimum Gasteiger partial charge on any atom is -0.481 e. The lowest BCUT2D eigenvalue weighted by molar-refractivity contribution is 0.142. The van der Waals surface area contributed by atoms with E-state index < -0.39 is 6.09 Å². The summed E-state index contributed by atoms with van der Waals surface area (Å²) in [5.41, 5.74) is 2.32. The Morgan fingerprint density at radius 1 is 1.33 bits per heavy atom. The maximum Gasteiger partial charge on any atom is 0.407 e. The number of pyridine rings is 1. The van der Waals surface area contributed by atoms with Crippen molar-refractivity contribution >= 4 is 17.6 Å². The fourth-order valence-corrected chi connectivity index (χ4v) is 3.39. The van der Waals surface area contributed by atoms with Gasteiger partial charge in [0.1, 0.15) is 5.82 Å². The predicted molar refractivity (Wildman–Crippen MR) is 99.2 cm³/mol. The van der Waals surface area contributed by atoms with Crippen molar-refractivity contribution in [2.45, 2.75) is 12.5 Å². The van der Waals surface area contributed by atoms with E-state index >= 15 is 0 Å². The zero-order chi connectivity index (χ0) is 19.0. The summed E-state index contributed by atoms with van der Waals surface area (Å²) in [6, 6.07) is 7.53. The van der Waals surface area contributed by atoms with Crippen LogP contribution in [-0.4, -0.2) is 69.0 Å². The second-order valence-corrected chi connectivity index (χ2v) is 6.45. The number of carboxylic acid groups (broad SMARTS) is 1. The molecule has 0 unspecified atom stereocenters. The van der Waals surface area contributed by atoms with E-state index in [0.717, 1.165) is 35.7 Å². The molecule has 3 aromatic rings. The van der Waals surface area contributed by atoms with E-state index in [1.165, 1.54) is 4.90 Å². The average Bonchev–Trinajstić information content (AvgIpc) is 3.34. The maximum atomic E-state index is 11.2. The SMILES string of the molecule is COc1ncccc1-c1cnc2ccc(N3CC[C@H](N(C)C(=O)O)C3)nn12. The van der Waals surface area contributed by atoms with Gasteiger partial charge in [0.25, 0.3) is 0 Å². The Labute approximate surface area is 155 Å². The predicted octanol–water partition coefficient (Wildman–Crippen LogP) is 1.99. The van der Waals surface area contributed by atoms with Crippen LogP contribution in [0.1, 0.15) is 6.42 Å². The highest BCUT2D eigenvalue weighted by molar-refractivity contribution is 5.68. The quantitative estimate of drug-likeness (QED) is 0.752. The van der Waals surface area contributed by atoms with Crippen molar-refractivity contribution < 1.29 is 14.6 Å². The van der Waals surface area contributed by atoms with Gasteiger partial charge in [-0.2, -0.15) is 0 Å². The third-order valence-corrected chi connectivity index (χ3v) is 4.93. The van der Waals surface area contributed by atoms with Gasteiger partial charge >= 0.3 is 6.09 Å². The van der Waals surface area contributed by atoms with E-state index in [1.807, 2.05) is 24.3 Å². The fraction of sp³-hybridized carbons (Fsp3) is 0.333. The van der Waals surface area contributed by atoms with E-state index in [-0.39, 0.29) is 6.04 Å². The van der Waals surface area contributed by atoms with Crippen LogP contribution in [0.3, 0.4) is 0 Å². The van der Waals surface area contributed by atoms with E-state index in [9.17, 15) is 9.90 Å². The van der Waals surface area contributed by atoms with Crippen LogP contribution in [0.4, 0.5) is 10.6 Å². The smallest absolute Gasteiger partial charge is 0.407 e. The number of hydrogen-bond donors (Lipinski definition) is 1. The van der Waals surface area contributed by atoms with Crippen LogP contribution in [0, 0.1) is 0 Å². The Bertz CT molecular complexity index is 988. The van der Waals surface area contributed by atoms with Gasteiger partial charge < -0.3 is 19.6 Å². The van der Waals surface area contributed by atoms with Crippen molar-refractivity contribution in [1.29, 1.82) is 0 Å². The number of methoxy groups -OCH3 is 1. The number of imidazole rings is 1. The molecule has 0 bridgehead atoms. The van der Waals surface area contributed by atoms with Crippen molar-refractivity contribution in [2.75, 3.05) is 32.1 Å². The number of ether oxygens (including phenoxy) is 1. The molecule has 4 rings (SSSR count). The largest absolute Gasteiger partial charge is 0.481 e. The molecule has 9 heteroatoms. The number of amides is 1. The van der Waals surface area contributed by atoms with Crippen molar-refractivity contribution in [3.8, 4) is 17.1 Å². The molecule has 0 aromatic carbocycles. The first-order valence-corrected chi connectivity index (χ1v) is 8.63. The molecule has 3 aromatic heterocycles. The first-order chi connectivity index (χ1) is 13.1. The maximum absolute atomic E-state index is 11.2. The molecule has 9 nitrogen and oxygen atoms in total. The van der Waals surface area contributed by atoms with Gasteiger partial charge in [-0.25, -0.2) is 19.3 Å². The summed E-state index contributed by atoms with van der Waals surface area (Å²) in [7, 11) is 3.19. The number of hydrogen-bond acceptors (Lipinski definition) is 6. The molecule has 27 heavy (non-hydrogen) atoms. The van der Waals surface area contributed by atoms with Gasteiger partial charge in [-0.05, 0) is 30.7 Å². The molecule has 1 fully saturated rings. The molecule has 1 aliphatic heterocycles. The van der Waals surface area contributed by atoms with Gasteiger partial charge in [0, 0.05) is 26.3 Å². The molecule has 0 radical (unpaired) electrons. The normalized spacial score (nSPS) is 16.7. The van der Waals surface area contributed by atoms with E-state index in [0.29, 0.717) is 12.4 Å². The third-order valence-electron chi connectivity index (χ3n) is 4.93. The molecule has 1 amide bonds. The molecule has 1 N–H and O–H groups in total. The number of likely N-dealkylation sites (N-methyl/N-ethyl adjacent to an activating group) is 1. The Kier molecular flexibility index (Phi) is 4.27. The Balaban J connectivity index is 1.68. The van der Waals surface area contributed by atoms with Crippen LogP contribution < -0.4 is 9.64 Å². The van der Waals surface area contributed by atoms with Crippen LogP contribution in [0.25, 0.3) is 16.9 Å². The number of fused-ring (bicyclic) bond motifs is 1. The van der Waals surface area contributed by atoms with Crippen LogP contribution in [0.5, 0.6) is 5.88 Å². The summed E-state index contributed by atoms with van der Waals surface area (Å²) >= 11 is 0. The second-order valence-electron chi connectivity index (χ2n) is 6.45. The highest BCUT2D eigenvalue weighted by atomic mass is 16.5. The third kappa shape index (κ3) is 3.01. The molecular formula is C18H20N6O3. The average molecular weight is 368 g/mol. The van der Waals surface area contributed by atoms with Crippen molar-refractivity contribution in [2.24, 2.45) is 0 Å². The van der Waals surface area contributed by atoms with Gasteiger partial charge in [0.05, 0.1) is 30.6 Å². The summed E-state index contributed by atoms with van der Waals surface area (Å²) in [4.78, 5) is 23.3. The number of anilines is 1. The van der Waals surface area contributed by atoms with Crippen molar-refractivity contribution in [1.82, 2.24) is 24.5 Å². The molecule has 4 heterocycles. The number of aromatic nitrogens is 4. The topological polar surface area (TPSA) is 96.1 Å². The van der Waals surface area contributed by atoms with Crippen LogP contribution >= 0.6 is 0 Å². The molecule has 1 atom stereocenters. The van der Waals surface area contributed by atoms with Crippen molar-refractivity contribution in [3.05, 3.63) is 36.7 Å². The zero-order valence-electron chi connectivity index (χ0n) is 15.1. The zero-order valence-corrected chi connectivity index (χ0v) is 15.1.